The second-order valence-corrected chi connectivity index (χ2v) is 7.09. The first-order valence-corrected chi connectivity index (χ1v) is 8.54. The van der Waals surface area contributed by atoms with Crippen molar-refractivity contribution in [1.82, 2.24) is 4.98 Å². The van der Waals surface area contributed by atoms with Gasteiger partial charge in [0.1, 0.15) is 0 Å². The molecule has 1 aromatic heterocycles. The molecule has 3 aromatic rings. The standard InChI is InChI=1S/C17H12F2N2OSe/c1-10-6-7-11(18)8-13(10)15-9-20-17(23-15)21-16(22)12-4-2-3-5-14(12)19/h2-9H,1H3,(H,20,21,22). The van der Waals surface area contributed by atoms with Gasteiger partial charge in [0, 0.05) is 0 Å². The summed E-state index contributed by atoms with van der Waals surface area (Å²) >= 11 is -0.264. The minimum atomic E-state index is -0.578. The Balaban J connectivity index is 1.84. The zero-order valence-electron chi connectivity index (χ0n) is 12.1. The van der Waals surface area contributed by atoms with Gasteiger partial charge in [0.05, 0.1) is 0 Å². The Morgan fingerprint density at radius 2 is 1.96 bits per heavy atom. The molecule has 0 saturated heterocycles. The first kappa shape index (κ1) is 15.6. The van der Waals surface area contributed by atoms with E-state index in [-0.39, 0.29) is 25.9 Å². The van der Waals surface area contributed by atoms with Crippen LogP contribution in [0.25, 0.3) is 10.0 Å². The molecule has 6 heteroatoms. The van der Waals surface area contributed by atoms with E-state index in [1.807, 2.05) is 6.92 Å². The molecular formula is C17H12F2N2OSe. The van der Waals surface area contributed by atoms with E-state index in [0.717, 1.165) is 15.6 Å². The third-order valence-electron chi connectivity index (χ3n) is 3.31. The van der Waals surface area contributed by atoms with Crippen LogP contribution >= 0.6 is 0 Å². The minimum absolute atomic E-state index is 0.0265. The number of halogens is 2. The molecule has 1 N–H and O–H groups in total. The monoisotopic (exact) mass is 378 g/mol. The van der Waals surface area contributed by atoms with Crippen LogP contribution in [0.4, 0.5) is 13.5 Å². The van der Waals surface area contributed by atoms with E-state index in [0.29, 0.717) is 4.69 Å². The second kappa shape index (κ2) is 6.44. The summed E-state index contributed by atoms with van der Waals surface area (Å²) in [6.45, 7) is 1.89. The van der Waals surface area contributed by atoms with Crippen molar-refractivity contribution in [3.05, 3.63) is 71.4 Å². The van der Waals surface area contributed by atoms with Crippen LogP contribution in [0.3, 0.4) is 0 Å². The molecule has 0 fully saturated rings. The van der Waals surface area contributed by atoms with Gasteiger partial charge < -0.3 is 0 Å². The van der Waals surface area contributed by atoms with Gasteiger partial charge in [-0.1, -0.05) is 0 Å². The third kappa shape index (κ3) is 3.38. The molecule has 1 amide bonds. The van der Waals surface area contributed by atoms with E-state index in [2.05, 4.69) is 10.3 Å². The zero-order chi connectivity index (χ0) is 16.4. The van der Waals surface area contributed by atoms with Crippen LogP contribution in [0.5, 0.6) is 0 Å². The van der Waals surface area contributed by atoms with Crippen LogP contribution in [-0.4, -0.2) is 25.4 Å². The predicted molar refractivity (Wildman–Crippen MR) is 85.7 cm³/mol. The normalized spacial score (nSPS) is 10.6. The summed E-state index contributed by atoms with van der Waals surface area (Å²) in [5.74, 6) is -1.43. The Hall–Kier alpha value is -2.30. The molecule has 3 nitrogen and oxygen atoms in total. The summed E-state index contributed by atoms with van der Waals surface area (Å²) in [4.78, 5) is 16.2. The van der Waals surface area contributed by atoms with Gasteiger partial charge in [0.15, 0.2) is 0 Å². The SMILES string of the molecule is Cc1ccc(F)cc1-c1cnc(NC(=O)c2ccccc2F)[se]1. The topological polar surface area (TPSA) is 42.0 Å². The van der Waals surface area contributed by atoms with Gasteiger partial charge in [-0.25, -0.2) is 0 Å². The van der Waals surface area contributed by atoms with Gasteiger partial charge in [0.2, 0.25) is 0 Å². The molecule has 3 rings (SSSR count). The Morgan fingerprint density at radius 3 is 2.74 bits per heavy atom. The number of carbonyl (C=O) groups excluding carboxylic acids is 1. The number of hydrogen-bond acceptors (Lipinski definition) is 2. The Bertz CT molecular complexity index is 877. The van der Waals surface area contributed by atoms with E-state index in [4.69, 9.17) is 0 Å². The Morgan fingerprint density at radius 1 is 1.17 bits per heavy atom. The van der Waals surface area contributed by atoms with Crippen LogP contribution in [0.15, 0.2) is 48.7 Å². The number of nitrogens with zero attached hydrogens (tertiary/aromatic N) is 1. The van der Waals surface area contributed by atoms with Crippen molar-refractivity contribution in [3.8, 4) is 10.0 Å². The molecule has 0 saturated carbocycles. The molecule has 23 heavy (non-hydrogen) atoms. The van der Waals surface area contributed by atoms with Gasteiger partial charge in [-0.15, -0.1) is 0 Å². The fraction of sp³-hybridized carbons (Fsp3) is 0.0588. The molecule has 0 bridgehead atoms. The number of amides is 1. The van der Waals surface area contributed by atoms with E-state index < -0.39 is 11.7 Å². The van der Waals surface area contributed by atoms with Crippen molar-refractivity contribution < 1.29 is 13.6 Å². The number of nitrogens with one attached hydrogen (secondary N) is 1. The van der Waals surface area contributed by atoms with Gasteiger partial charge >= 0.3 is 137 Å². The summed E-state index contributed by atoms with van der Waals surface area (Å²) in [7, 11) is 0. The van der Waals surface area contributed by atoms with E-state index >= 15 is 0 Å². The molecule has 0 aliphatic rings. The molecule has 116 valence electrons. The average molecular weight is 377 g/mol. The number of aryl methyl sites for hydroxylation is 1. The predicted octanol–water partition coefficient (Wildman–Crippen LogP) is 3.64. The summed E-state index contributed by atoms with van der Waals surface area (Å²) in [5.41, 5.74) is 1.70. The number of aromatic nitrogens is 1. The average Bonchev–Trinajstić information content (AvgIpc) is 2.98. The van der Waals surface area contributed by atoms with Crippen molar-refractivity contribution in [2.24, 2.45) is 0 Å². The molecule has 0 aliphatic heterocycles. The summed E-state index contributed by atoms with van der Waals surface area (Å²) in [6, 6.07) is 10.3. The number of carbonyl (C=O) groups is 1. The van der Waals surface area contributed by atoms with E-state index in [1.165, 1.54) is 30.3 Å². The van der Waals surface area contributed by atoms with Crippen LogP contribution < -0.4 is 5.32 Å². The number of benzene rings is 2. The molecule has 0 spiro atoms. The molecule has 0 atom stereocenters. The number of anilines is 1. The van der Waals surface area contributed by atoms with Crippen LogP contribution in [0.1, 0.15) is 15.9 Å². The summed E-state index contributed by atoms with van der Waals surface area (Å²) in [5, 5.41) is 2.62. The summed E-state index contributed by atoms with van der Waals surface area (Å²) in [6.07, 6.45) is 1.62. The second-order valence-electron chi connectivity index (χ2n) is 4.92. The van der Waals surface area contributed by atoms with Crippen LogP contribution in [-0.2, 0) is 0 Å². The zero-order valence-corrected chi connectivity index (χ0v) is 13.9. The molecule has 1 heterocycles. The summed E-state index contributed by atoms with van der Waals surface area (Å²) < 4.78 is 28.4. The molecular weight excluding hydrogens is 365 g/mol. The van der Waals surface area contributed by atoms with Crippen molar-refractivity contribution in [3.63, 3.8) is 0 Å². The van der Waals surface area contributed by atoms with Gasteiger partial charge in [-0.05, 0) is 0 Å². The van der Waals surface area contributed by atoms with E-state index in [9.17, 15) is 13.6 Å². The van der Waals surface area contributed by atoms with Crippen LogP contribution in [0.2, 0.25) is 0 Å². The van der Waals surface area contributed by atoms with Crippen molar-refractivity contribution in [1.29, 1.82) is 0 Å². The fourth-order valence-corrected chi connectivity index (χ4v) is 4.00. The molecule has 0 radical (unpaired) electrons. The maximum absolute atomic E-state index is 13.6. The van der Waals surface area contributed by atoms with Crippen molar-refractivity contribution in [2.75, 3.05) is 5.32 Å². The van der Waals surface area contributed by atoms with Gasteiger partial charge in [-0.3, -0.25) is 0 Å². The number of rotatable bonds is 3. The quantitative estimate of drug-likeness (QED) is 0.709. The van der Waals surface area contributed by atoms with E-state index in [1.54, 1.807) is 18.3 Å². The Kier molecular flexibility index (Phi) is 4.37. The van der Waals surface area contributed by atoms with Gasteiger partial charge in [0.25, 0.3) is 0 Å². The molecule has 0 unspecified atom stereocenters. The van der Waals surface area contributed by atoms with Crippen molar-refractivity contribution >= 4 is 25.1 Å². The molecule has 2 aromatic carbocycles. The fourth-order valence-electron chi connectivity index (χ4n) is 2.13. The first-order chi connectivity index (χ1) is 11.0. The van der Waals surface area contributed by atoms with Gasteiger partial charge in [-0.2, -0.15) is 0 Å². The van der Waals surface area contributed by atoms with Crippen LogP contribution in [0, 0.1) is 18.6 Å². The van der Waals surface area contributed by atoms with Crippen molar-refractivity contribution in [2.45, 2.75) is 6.92 Å². The maximum atomic E-state index is 13.6. The first-order valence-electron chi connectivity index (χ1n) is 6.83. The number of hydrogen-bond donors (Lipinski definition) is 1. The third-order valence-corrected chi connectivity index (χ3v) is 5.29. The molecule has 0 aliphatic carbocycles. The Labute approximate surface area is 137 Å².